The molecule has 2 aromatic carbocycles. The average Bonchev–Trinajstić information content (AvgIpc) is 3.46. The Labute approximate surface area is 212 Å². The fourth-order valence-corrected chi connectivity index (χ4v) is 5.80. The highest BCUT2D eigenvalue weighted by Crippen LogP contribution is 2.38. The Morgan fingerprint density at radius 2 is 2.00 bits per heavy atom. The van der Waals surface area contributed by atoms with Gasteiger partial charge in [0.2, 0.25) is 5.89 Å². The molecule has 5 nitrogen and oxygen atoms in total. The lowest BCUT2D eigenvalue weighted by Crippen LogP contribution is -2.40. The summed E-state index contributed by atoms with van der Waals surface area (Å²) in [6, 6.07) is 13.9. The van der Waals surface area contributed by atoms with Crippen molar-refractivity contribution in [2.45, 2.75) is 31.8 Å². The summed E-state index contributed by atoms with van der Waals surface area (Å²) in [7, 11) is 0. The minimum Gasteiger partial charge on any atom is -0.490 e. The van der Waals surface area contributed by atoms with Gasteiger partial charge in [-0.15, -0.1) is 11.3 Å². The maximum Gasteiger partial charge on any atom is 0.236 e. The lowest BCUT2D eigenvalue weighted by atomic mass is 9.89. The molecule has 1 fully saturated rings. The molecule has 0 aliphatic carbocycles. The average molecular weight is 517 g/mol. The van der Waals surface area contributed by atoms with Crippen molar-refractivity contribution in [3.8, 4) is 16.5 Å². The number of aromatic nitrogens is 1. The lowest BCUT2D eigenvalue weighted by Gasteiger charge is -2.33. The van der Waals surface area contributed by atoms with Gasteiger partial charge < -0.3 is 19.2 Å². The Kier molecular flexibility index (Phi) is 7.14. The zero-order chi connectivity index (χ0) is 23.7. The van der Waals surface area contributed by atoms with Crippen molar-refractivity contribution in [2.75, 3.05) is 26.2 Å². The number of β-amino-alcohol motifs (C(OH)–C–C–N with tert-alkyl or cyclic N) is 1. The molecule has 8 heteroatoms. The Bertz CT molecular complexity index is 1280. The number of ether oxygens (including phenoxy) is 1. The number of hydrogen-bond donors (Lipinski definition) is 1. The van der Waals surface area contributed by atoms with Crippen molar-refractivity contribution >= 4 is 44.6 Å². The van der Waals surface area contributed by atoms with Crippen LogP contribution in [0, 0.1) is 6.92 Å². The lowest BCUT2D eigenvalue weighted by molar-refractivity contribution is 0.0599. The van der Waals surface area contributed by atoms with Gasteiger partial charge in [0.25, 0.3) is 0 Å². The number of benzene rings is 2. The van der Waals surface area contributed by atoms with Crippen LogP contribution in [0.3, 0.4) is 0 Å². The zero-order valence-electron chi connectivity index (χ0n) is 18.8. The molecule has 34 heavy (non-hydrogen) atoms. The molecule has 0 bridgehead atoms. The molecule has 0 radical (unpaired) electrons. The van der Waals surface area contributed by atoms with E-state index in [1.54, 1.807) is 17.5 Å². The third kappa shape index (κ3) is 5.26. The van der Waals surface area contributed by atoms with Crippen molar-refractivity contribution in [2.24, 2.45) is 0 Å². The summed E-state index contributed by atoms with van der Waals surface area (Å²) in [4.78, 5) is 7.59. The van der Waals surface area contributed by atoms with Gasteiger partial charge in [0, 0.05) is 16.6 Å². The number of fused-ring (bicyclic) bond motifs is 1. The van der Waals surface area contributed by atoms with E-state index in [-0.39, 0.29) is 6.61 Å². The smallest absolute Gasteiger partial charge is 0.236 e. The molecule has 1 aliphatic heterocycles. The van der Waals surface area contributed by atoms with E-state index in [9.17, 15) is 5.11 Å². The second kappa shape index (κ2) is 10.3. The highest BCUT2D eigenvalue weighted by molar-refractivity contribution is 7.22. The van der Waals surface area contributed by atoms with E-state index < -0.39 is 6.10 Å². The van der Waals surface area contributed by atoms with Crippen LogP contribution in [-0.2, 0) is 0 Å². The van der Waals surface area contributed by atoms with Crippen LogP contribution in [0.25, 0.3) is 20.9 Å². The molecule has 0 amide bonds. The summed E-state index contributed by atoms with van der Waals surface area (Å²) in [5.41, 5.74) is 1.24. The largest absolute Gasteiger partial charge is 0.490 e. The Hall–Kier alpha value is -2.09. The second-order valence-corrected chi connectivity index (χ2v) is 10.7. The summed E-state index contributed by atoms with van der Waals surface area (Å²) >= 11 is 13.9. The van der Waals surface area contributed by atoms with E-state index in [0.29, 0.717) is 28.4 Å². The van der Waals surface area contributed by atoms with Gasteiger partial charge in [0.15, 0.2) is 0 Å². The molecule has 0 unspecified atom stereocenters. The fraction of sp³-hybridized carbons (Fsp3) is 0.346. The number of nitrogens with zero attached hydrogens (tertiary/aromatic N) is 2. The summed E-state index contributed by atoms with van der Waals surface area (Å²) in [5, 5.41) is 12.9. The van der Waals surface area contributed by atoms with Gasteiger partial charge in [-0.3, -0.25) is 0 Å². The van der Waals surface area contributed by atoms with E-state index in [1.165, 1.54) is 5.56 Å². The number of piperidine rings is 1. The molecule has 1 N–H and O–H groups in total. The van der Waals surface area contributed by atoms with E-state index in [0.717, 1.165) is 52.4 Å². The standard InChI is InChI=1S/C26H26Cl2N2O3S/c1-16-13-29-26(33-16)25-12-20-23(3-2-4-24(20)34-25)32-15-19(31)14-30-9-7-17(8-10-30)18-5-6-21(27)22(28)11-18/h2-6,11-13,17,19,31H,7-10,14-15H2,1H3/t19-/m0/s1. The van der Waals surface area contributed by atoms with Gasteiger partial charge in [-0.05, 0) is 74.7 Å². The number of aryl methyl sites for hydroxylation is 1. The van der Waals surface area contributed by atoms with Crippen molar-refractivity contribution in [3.05, 3.63) is 70.0 Å². The zero-order valence-corrected chi connectivity index (χ0v) is 21.2. The highest BCUT2D eigenvalue weighted by atomic mass is 35.5. The Morgan fingerprint density at radius 3 is 2.74 bits per heavy atom. The number of aliphatic hydroxyl groups excluding tert-OH is 1. The van der Waals surface area contributed by atoms with Crippen molar-refractivity contribution in [3.63, 3.8) is 0 Å². The molecule has 4 aromatic rings. The SMILES string of the molecule is Cc1cnc(-c2cc3c(OC[C@@H](O)CN4CCC(c5ccc(Cl)c(Cl)c5)CC4)cccc3s2)o1. The summed E-state index contributed by atoms with van der Waals surface area (Å²) in [5.74, 6) is 2.64. The highest BCUT2D eigenvalue weighted by Gasteiger charge is 2.23. The minimum atomic E-state index is -0.565. The third-order valence-electron chi connectivity index (χ3n) is 6.26. The van der Waals surface area contributed by atoms with E-state index >= 15 is 0 Å². The number of thiophene rings is 1. The molecular weight excluding hydrogens is 491 g/mol. The third-order valence-corrected chi connectivity index (χ3v) is 8.08. The summed E-state index contributed by atoms with van der Waals surface area (Å²) in [6.07, 6.45) is 3.22. The molecule has 1 saturated heterocycles. The number of halogens is 2. The second-order valence-electron chi connectivity index (χ2n) is 8.77. The molecule has 3 heterocycles. The maximum absolute atomic E-state index is 10.6. The van der Waals surface area contributed by atoms with Gasteiger partial charge in [0.1, 0.15) is 24.2 Å². The van der Waals surface area contributed by atoms with Gasteiger partial charge in [-0.1, -0.05) is 35.3 Å². The molecule has 2 aromatic heterocycles. The molecule has 1 aliphatic rings. The minimum absolute atomic E-state index is 0.245. The number of oxazole rings is 1. The van der Waals surface area contributed by atoms with Crippen LogP contribution in [0.1, 0.15) is 30.1 Å². The number of hydrogen-bond acceptors (Lipinski definition) is 6. The van der Waals surface area contributed by atoms with Crippen LogP contribution in [0.5, 0.6) is 5.75 Å². The monoisotopic (exact) mass is 516 g/mol. The summed E-state index contributed by atoms with van der Waals surface area (Å²) in [6.45, 7) is 4.58. The topological polar surface area (TPSA) is 58.7 Å². The Morgan fingerprint density at radius 1 is 1.18 bits per heavy atom. The van der Waals surface area contributed by atoms with Gasteiger partial charge in [-0.25, -0.2) is 4.98 Å². The predicted octanol–water partition coefficient (Wildman–Crippen LogP) is 6.79. The molecule has 0 saturated carbocycles. The first-order valence-electron chi connectivity index (χ1n) is 11.4. The van der Waals surface area contributed by atoms with Gasteiger partial charge in [-0.2, -0.15) is 0 Å². The molecule has 5 rings (SSSR count). The fourth-order valence-electron chi connectivity index (χ4n) is 4.49. The van der Waals surface area contributed by atoms with Crippen LogP contribution >= 0.6 is 34.5 Å². The molecule has 0 spiro atoms. The number of rotatable bonds is 7. The van der Waals surface area contributed by atoms with E-state index in [4.69, 9.17) is 32.4 Å². The van der Waals surface area contributed by atoms with Crippen LogP contribution in [-0.4, -0.2) is 47.3 Å². The van der Waals surface area contributed by atoms with E-state index in [1.807, 2.05) is 37.3 Å². The van der Waals surface area contributed by atoms with Crippen LogP contribution < -0.4 is 4.74 Å². The first-order valence-corrected chi connectivity index (χ1v) is 13.0. The van der Waals surface area contributed by atoms with Crippen molar-refractivity contribution < 1.29 is 14.3 Å². The van der Waals surface area contributed by atoms with Crippen LogP contribution in [0.2, 0.25) is 10.0 Å². The molecule has 1 atom stereocenters. The predicted molar refractivity (Wildman–Crippen MR) is 138 cm³/mol. The van der Waals surface area contributed by atoms with Crippen molar-refractivity contribution in [1.82, 2.24) is 9.88 Å². The normalized spacial score (nSPS) is 16.2. The quantitative estimate of drug-likeness (QED) is 0.293. The number of likely N-dealkylation sites (tertiary alicyclic amines) is 1. The molecule has 178 valence electrons. The summed E-state index contributed by atoms with van der Waals surface area (Å²) < 4.78 is 12.8. The van der Waals surface area contributed by atoms with Crippen molar-refractivity contribution in [1.29, 1.82) is 0 Å². The molecular formula is C26H26Cl2N2O3S. The first-order chi connectivity index (χ1) is 16.5. The maximum atomic E-state index is 10.6. The van der Waals surface area contributed by atoms with Crippen LogP contribution in [0.4, 0.5) is 0 Å². The Balaban J connectivity index is 1.16. The first kappa shape index (κ1) is 23.6. The number of aliphatic hydroxyl groups is 1. The van der Waals surface area contributed by atoms with E-state index in [2.05, 4.69) is 22.0 Å². The van der Waals surface area contributed by atoms with Crippen LogP contribution in [0.15, 0.2) is 53.1 Å². The van der Waals surface area contributed by atoms with Gasteiger partial charge >= 0.3 is 0 Å². The van der Waals surface area contributed by atoms with Gasteiger partial charge in [0.05, 0.1) is 21.1 Å².